The summed E-state index contributed by atoms with van der Waals surface area (Å²) in [7, 11) is -3.45. The number of hydrogen-bond donors (Lipinski definition) is 1. The van der Waals surface area contributed by atoms with Gasteiger partial charge in [-0.15, -0.1) is 0 Å². The van der Waals surface area contributed by atoms with Gasteiger partial charge in [0, 0.05) is 47.4 Å². The number of aromatic nitrogens is 2. The summed E-state index contributed by atoms with van der Waals surface area (Å²) in [5.74, 6) is 1.50. The number of pyridine rings is 2. The normalized spacial score (nSPS) is 16.5. The van der Waals surface area contributed by atoms with Crippen molar-refractivity contribution >= 4 is 37.9 Å². The van der Waals surface area contributed by atoms with Gasteiger partial charge < -0.3 is 10.2 Å². The topological polar surface area (TPSA) is 99.0 Å². The average molecular weight is 405 g/mol. The van der Waals surface area contributed by atoms with Crippen LogP contribution in [0.25, 0.3) is 10.8 Å². The van der Waals surface area contributed by atoms with Crippen molar-refractivity contribution in [2.75, 3.05) is 23.3 Å². The van der Waals surface area contributed by atoms with E-state index in [1.54, 1.807) is 24.5 Å². The summed E-state index contributed by atoms with van der Waals surface area (Å²) in [6.45, 7) is 4.81. The van der Waals surface area contributed by atoms with Gasteiger partial charge in [-0.2, -0.15) is 5.26 Å². The molecule has 0 saturated carbocycles. The van der Waals surface area contributed by atoms with Crippen LogP contribution in [-0.2, 0) is 9.84 Å². The molecule has 0 bridgehead atoms. The minimum absolute atomic E-state index is 0.0249. The van der Waals surface area contributed by atoms with Crippen molar-refractivity contribution in [1.29, 1.82) is 5.26 Å². The van der Waals surface area contributed by atoms with E-state index in [1.807, 2.05) is 12.1 Å². The molecule has 8 heteroatoms. The van der Waals surface area contributed by atoms with Gasteiger partial charge in [0.25, 0.3) is 0 Å². The summed E-state index contributed by atoms with van der Waals surface area (Å²) in [6, 6.07) is 12.6. The van der Waals surface area contributed by atoms with Crippen LogP contribution in [0.2, 0.25) is 0 Å². The lowest BCUT2D eigenvalue weighted by molar-refractivity contribution is 0.605. The second-order valence-electron chi connectivity index (χ2n) is 6.85. The largest absolute Gasteiger partial charge is 0.355 e. The molecule has 3 heterocycles. The van der Waals surface area contributed by atoms with E-state index in [1.165, 1.54) is 12.1 Å². The molecule has 1 aromatic carbocycles. The Labute approximate surface area is 169 Å². The Morgan fingerprint density at radius 1 is 1.24 bits per heavy atom. The maximum absolute atomic E-state index is 11.8. The number of hydrogen-bond acceptors (Lipinski definition) is 7. The number of rotatable bonds is 5. The summed E-state index contributed by atoms with van der Waals surface area (Å²) in [5.41, 5.74) is 0.719. The zero-order valence-electron chi connectivity index (χ0n) is 15.6. The van der Waals surface area contributed by atoms with Gasteiger partial charge in [-0.25, -0.2) is 18.4 Å². The molecule has 0 spiro atoms. The Kier molecular flexibility index (Phi) is 4.91. The predicted octanol–water partition coefficient (Wildman–Crippen LogP) is 3.64. The highest BCUT2D eigenvalue weighted by Crippen LogP contribution is 2.30. The highest BCUT2D eigenvalue weighted by molar-refractivity contribution is 7.94. The maximum Gasteiger partial charge on any atom is 0.199 e. The molecule has 0 amide bonds. The molecule has 1 fully saturated rings. The average Bonchev–Trinajstić information content (AvgIpc) is 3.23. The van der Waals surface area contributed by atoms with E-state index in [0.29, 0.717) is 12.4 Å². The first kappa shape index (κ1) is 18.9. The highest BCUT2D eigenvalue weighted by atomic mass is 32.2. The molecule has 1 aliphatic rings. The van der Waals surface area contributed by atoms with Gasteiger partial charge in [-0.1, -0.05) is 6.58 Å². The van der Waals surface area contributed by atoms with Crippen molar-refractivity contribution in [3.8, 4) is 6.07 Å². The number of anilines is 3. The van der Waals surface area contributed by atoms with Gasteiger partial charge in [-0.3, -0.25) is 0 Å². The second-order valence-corrected chi connectivity index (χ2v) is 8.74. The molecular weight excluding hydrogens is 386 g/mol. The van der Waals surface area contributed by atoms with Crippen molar-refractivity contribution < 1.29 is 8.42 Å². The molecule has 1 N–H and O–H groups in total. The Balaban J connectivity index is 1.63. The van der Waals surface area contributed by atoms with Crippen LogP contribution in [-0.4, -0.2) is 31.5 Å². The SMILES string of the molecule is C=CS(=O)(=O)c1ccc(Nc2cc3c(N4CCC(C#N)C4)nccc3cn2)cc1. The fraction of sp³-hybridized carbons (Fsp3) is 0.190. The summed E-state index contributed by atoms with van der Waals surface area (Å²) in [6.07, 6.45) is 4.37. The predicted molar refractivity (Wildman–Crippen MR) is 113 cm³/mol. The minimum atomic E-state index is -3.45. The fourth-order valence-corrected chi connectivity index (χ4v) is 4.11. The smallest absolute Gasteiger partial charge is 0.199 e. The van der Waals surface area contributed by atoms with Crippen LogP contribution >= 0.6 is 0 Å². The first-order valence-electron chi connectivity index (χ1n) is 9.14. The molecule has 0 aliphatic carbocycles. The van der Waals surface area contributed by atoms with E-state index >= 15 is 0 Å². The molecule has 7 nitrogen and oxygen atoms in total. The number of nitriles is 1. The molecule has 0 radical (unpaired) electrons. The Morgan fingerprint density at radius 3 is 2.72 bits per heavy atom. The van der Waals surface area contributed by atoms with E-state index in [-0.39, 0.29) is 10.8 Å². The van der Waals surface area contributed by atoms with Crippen LogP contribution in [0.15, 0.2) is 65.7 Å². The maximum atomic E-state index is 11.8. The molecule has 29 heavy (non-hydrogen) atoms. The van der Waals surface area contributed by atoms with Crippen LogP contribution in [0.3, 0.4) is 0 Å². The van der Waals surface area contributed by atoms with Gasteiger partial charge in [0.15, 0.2) is 9.84 Å². The van der Waals surface area contributed by atoms with E-state index in [9.17, 15) is 13.7 Å². The van der Waals surface area contributed by atoms with Crippen molar-refractivity contribution in [3.63, 3.8) is 0 Å². The Morgan fingerprint density at radius 2 is 2.03 bits per heavy atom. The zero-order valence-corrected chi connectivity index (χ0v) is 16.4. The number of sulfone groups is 1. The second kappa shape index (κ2) is 7.53. The van der Waals surface area contributed by atoms with Crippen molar-refractivity contribution in [2.45, 2.75) is 11.3 Å². The molecular formula is C21H19N5O2S. The number of fused-ring (bicyclic) bond motifs is 1. The van der Waals surface area contributed by atoms with E-state index in [2.05, 4.69) is 32.8 Å². The molecule has 4 rings (SSSR count). The van der Waals surface area contributed by atoms with Crippen molar-refractivity contribution in [3.05, 3.63) is 60.8 Å². The molecule has 1 aliphatic heterocycles. The fourth-order valence-electron chi connectivity index (χ4n) is 3.40. The lowest BCUT2D eigenvalue weighted by Crippen LogP contribution is -2.20. The molecule has 1 saturated heterocycles. The molecule has 1 unspecified atom stereocenters. The van der Waals surface area contributed by atoms with Crippen LogP contribution in [0, 0.1) is 17.2 Å². The van der Waals surface area contributed by atoms with E-state index in [4.69, 9.17) is 0 Å². The molecule has 1 atom stereocenters. The van der Waals surface area contributed by atoms with Gasteiger partial charge in [-0.05, 0) is 42.8 Å². The standard InChI is InChI=1S/C21H19N5O2S/c1-2-29(27,28)18-5-3-17(4-6-18)25-20-11-19-16(13-24-20)7-9-23-21(19)26-10-8-15(12-22)14-26/h2-7,9,11,13,15H,1,8,10,14H2,(H,24,25). The summed E-state index contributed by atoms with van der Waals surface area (Å²) in [5, 5.41) is 15.2. The summed E-state index contributed by atoms with van der Waals surface area (Å²) >= 11 is 0. The summed E-state index contributed by atoms with van der Waals surface area (Å²) in [4.78, 5) is 11.3. The van der Waals surface area contributed by atoms with Gasteiger partial charge >= 0.3 is 0 Å². The Hall–Kier alpha value is -3.44. The Bertz CT molecular complexity index is 1220. The number of nitrogens with zero attached hydrogens (tertiary/aromatic N) is 4. The number of benzene rings is 1. The van der Waals surface area contributed by atoms with Crippen molar-refractivity contribution in [2.24, 2.45) is 5.92 Å². The number of nitrogens with one attached hydrogen (secondary N) is 1. The lowest BCUT2D eigenvalue weighted by atomic mass is 10.1. The van der Waals surface area contributed by atoms with Crippen LogP contribution in [0.5, 0.6) is 0 Å². The first-order valence-corrected chi connectivity index (χ1v) is 10.7. The van der Waals surface area contributed by atoms with Gasteiger partial charge in [0.05, 0.1) is 16.9 Å². The minimum Gasteiger partial charge on any atom is -0.355 e. The van der Waals surface area contributed by atoms with E-state index in [0.717, 1.165) is 40.7 Å². The van der Waals surface area contributed by atoms with Crippen LogP contribution < -0.4 is 10.2 Å². The van der Waals surface area contributed by atoms with Crippen LogP contribution in [0.1, 0.15) is 6.42 Å². The van der Waals surface area contributed by atoms with E-state index < -0.39 is 9.84 Å². The zero-order chi connectivity index (χ0) is 20.4. The van der Waals surface area contributed by atoms with Crippen molar-refractivity contribution in [1.82, 2.24) is 9.97 Å². The lowest BCUT2D eigenvalue weighted by Gasteiger charge is -2.19. The monoisotopic (exact) mass is 405 g/mol. The van der Waals surface area contributed by atoms with Crippen LogP contribution in [0.4, 0.5) is 17.3 Å². The molecule has 146 valence electrons. The third-order valence-corrected chi connectivity index (χ3v) is 6.34. The molecule has 3 aromatic rings. The third kappa shape index (κ3) is 3.77. The highest BCUT2D eigenvalue weighted by Gasteiger charge is 2.24. The van der Waals surface area contributed by atoms with Gasteiger partial charge in [0.1, 0.15) is 11.6 Å². The third-order valence-electron chi connectivity index (χ3n) is 4.97. The quantitative estimate of drug-likeness (QED) is 0.692. The first-order chi connectivity index (χ1) is 14.0. The van der Waals surface area contributed by atoms with Gasteiger partial charge in [0.2, 0.25) is 0 Å². The summed E-state index contributed by atoms with van der Waals surface area (Å²) < 4.78 is 23.7. The molecule has 2 aromatic heterocycles.